The number of hydrogen-bond acceptors (Lipinski definition) is 2. The summed E-state index contributed by atoms with van der Waals surface area (Å²) in [6.45, 7) is 2.20. The molecule has 0 aromatic heterocycles. The molecular weight excluding hydrogens is 227 g/mol. The Bertz CT molecular complexity index is 442. The zero-order valence-electron chi connectivity index (χ0n) is 10.7. The zero-order chi connectivity index (χ0) is 13.0. The molecule has 0 saturated heterocycles. The monoisotopic (exact) mass is 246 g/mol. The second kappa shape index (κ2) is 5.39. The fraction of sp³-hybridized carbons (Fsp3) is 0.533. The summed E-state index contributed by atoms with van der Waals surface area (Å²) in [4.78, 5) is 0. The summed E-state index contributed by atoms with van der Waals surface area (Å²) in [5, 5.41) is 12.7. The molecule has 1 aliphatic carbocycles. The van der Waals surface area contributed by atoms with Crippen LogP contribution in [0.1, 0.15) is 39.0 Å². The van der Waals surface area contributed by atoms with E-state index in [1.807, 2.05) is 6.07 Å². The van der Waals surface area contributed by atoms with Crippen molar-refractivity contribution in [3.63, 3.8) is 0 Å². The van der Waals surface area contributed by atoms with Crippen molar-refractivity contribution in [2.24, 2.45) is 5.92 Å². The zero-order valence-corrected chi connectivity index (χ0v) is 10.7. The minimum atomic E-state index is -0.514. The number of halogens is 1. The van der Waals surface area contributed by atoms with E-state index in [1.54, 1.807) is 6.07 Å². The number of rotatable bonds is 3. The second-order valence-electron chi connectivity index (χ2n) is 5.18. The number of benzene rings is 1. The number of nitrogens with one attached hydrogen (secondary N) is 1. The molecule has 1 aromatic rings. The predicted octanol–water partition coefficient (Wildman–Crippen LogP) is 4.10. The summed E-state index contributed by atoms with van der Waals surface area (Å²) in [5.74, 6) is 0.469. The average molecular weight is 246 g/mol. The van der Waals surface area contributed by atoms with Crippen LogP contribution < -0.4 is 5.32 Å². The summed E-state index contributed by atoms with van der Waals surface area (Å²) >= 11 is 0. The third kappa shape index (κ3) is 2.81. The topological polar surface area (TPSA) is 35.8 Å². The molecule has 0 bridgehead atoms. The van der Waals surface area contributed by atoms with Crippen LogP contribution in [0.25, 0.3) is 0 Å². The first-order valence-electron chi connectivity index (χ1n) is 6.62. The van der Waals surface area contributed by atoms with Gasteiger partial charge in [0.1, 0.15) is 11.4 Å². The molecule has 1 saturated carbocycles. The van der Waals surface area contributed by atoms with Crippen molar-refractivity contribution in [2.45, 2.75) is 44.6 Å². The van der Waals surface area contributed by atoms with Crippen molar-refractivity contribution in [1.29, 1.82) is 5.26 Å². The molecule has 0 unspecified atom stereocenters. The van der Waals surface area contributed by atoms with Gasteiger partial charge in [0.15, 0.2) is 0 Å². The minimum Gasteiger partial charge on any atom is -0.367 e. The SMILES string of the molecule is CCC1CCC(C#N)(Nc2cccc(F)c2)CC1. The van der Waals surface area contributed by atoms with Gasteiger partial charge >= 0.3 is 0 Å². The Balaban J connectivity index is 2.08. The highest BCUT2D eigenvalue weighted by Gasteiger charge is 2.34. The molecule has 1 aromatic carbocycles. The van der Waals surface area contributed by atoms with Gasteiger partial charge in [-0.2, -0.15) is 5.26 Å². The lowest BCUT2D eigenvalue weighted by Gasteiger charge is -2.36. The quantitative estimate of drug-likeness (QED) is 0.871. The first-order valence-corrected chi connectivity index (χ1v) is 6.62. The summed E-state index contributed by atoms with van der Waals surface area (Å²) < 4.78 is 13.1. The van der Waals surface area contributed by atoms with Crippen LogP contribution in [0.4, 0.5) is 10.1 Å². The standard InChI is InChI=1S/C15H19FN2/c1-2-12-6-8-15(11-17,9-7-12)18-14-5-3-4-13(16)10-14/h3-5,10,12,18H,2,6-9H2,1H3. The van der Waals surface area contributed by atoms with Gasteiger partial charge in [-0.1, -0.05) is 19.4 Å². The van der Waals surface area contributed by atoms with Crippen LogP contribution in [0.15, 0.2) is 24.3 Å². The largest absolute Gasteiger partial charge is 0.367 e. The van der Waals surface area contributed by atoms with E-state index in [-0.39, 0.29) is 5.82 Å². The molecule has 18 heavy (non-hydrogen) atoms. The van der Waals surface area contributed by atoms with Gasteiger partial charge in [0.25, 0.3) is 0 Å². The van der Waals surface area contributed by atoms with Crippen LogP contribution >= 0.6 is 0 Å². The third-order valence-corrected chi connectivity index (χ3v) is 3.96. The molecule has 0 spiro atoms. The highest BCUT2D eigenvalue weighted by atomic mass is 19.1. The fourth-order valence-corrected chi connectivity index (χ4v) is 2.69. The Hall–Kier alpha value is -1.56. The maximum Gasteiger partial charge on any atom is 0.125 e. The Kier molecular flexibility index (Phi) is 3.86. The molecular formula is C15H19FN2. The van der Waals surface area contributed by atoms with Crippen molar-refractivity contribution < 1.29 is 4.39 Å². The highest BCUT2D eigenvalue weighted by molar-refractivity contribution is 5.48. The molecule has 3 heteroatoms. The van der Waals surface area contributed by atoms with Crippen LogP contribution in [-0.4, -0.2) is 5.54 Å². The van der Waals surface area contributed by atoms with Gasteiger partial charge in [-0.05, 0) is 49.8 Å². The van der Waals surface area contributed by atoms with Gasteiger partial charge in [0.2, 0.25) is 0 Å². The van der Waals surface area contributed by atoms with Gasteiger partial charge < -0.3 is 5.32 Å². The van der Waals surface area contributed by atoms with Crippen LogP contribution in [0.3, 0.4) is 0 Å². The Morgan fingerprint density at radius 2 is 2.17 bits per heavy atom. The van der Waals surface area contributed by atoms with E-state index in [1.165, 1.54) is 18.6 Å². The molecule has 0 radical (unpaired) electrons. The normalized spacial score (nSPS) is 27.5. The molecule has 2 rings (SSSR count). The first kappa shape index (κ1) is 12.9. The average Bonchev–Trinajstić information content (AvgIpc) is 2.39. The highest BCUT2D eigenvalue weighted by Crippen LogP contribution is 2.35. The molecule has 0 amide bonds. The van der Waals surface area contributed by atoms with E-state index in [4.69, 9.17) is 0 Å². The summed E-state index contributed by atoms with van der Waals surface area (Å²) in [6.07, 6.45) is 5.03. The fourth-order valence-electron chi connectivity index (χ4n) is 2.69. The Labute approximate surface area is 108 Å². The third-order valence-electron chi connectivity index (χ3n) is 3.96. The van der Waals surface area contributed by atoms with E-state index >= 15 is 0 Å². The van der Waals surface area contributed by atoms with Gasteiger partial charge in [-0.3, -0.25) is 0 Å². The van der Waals surface area contributed by atoms with E-state index in [9.17, 15) is 9.65 Å². The number of nitriles is 1. The lowest BCUT2D eigenvalue weighted by molar-refractivity contribution is 0.290. The van der Waals surface area contributed by atoms with Crippen molar-refractivity contribution >= 4 is 5.69 Å². The Morgan fingerprint density at radius 3 is 2.72 bits per heavy atom. The smallest absolute Gasteiger partial charge is 0.125 e. The molecule has 0 heterocycles. The number of anilines is 1. The molecule has 1 fully saturated rings. The van der Waals surface area contributed by atoms with Crippen molar-refractivity contribution in [3.8, 4) is 6.07 Å². The first-order chi connectivity index (χ1) is 8.67. The summed E-state index contributed by atoms with van der Waals surface area (Å²) in [5.41, 5.74) is 0.186. The van der Waals surface area contributed by atoms with Crippen molar-refractivity contribution in [1.82, 2.24) is 0 Å². The Morgan fingerprint density at radius 1 is 1.44 bits per heavy atom. The maximum atomic E-state index is 13.1. The lowest BCUT2D eigenvalue weighted by Crippen LogP contribution is -2.40. The minimum absolute atomic E-state index is 0.268. The number of nitrogens with zero attached hydrogens (tertiary/aromatic N) is 1. The van der Waals surface area contributed by atoms with Crippen molar-refractivity contribution in [3.05, 3.63) is 30.1 Å². The van der Waals surface area contributed by atoms with E-state index < -0.39 is 5.54 Å². The van der Waals surface area contributed by atoms with Crippen LogP contribution in [0.2, 0.25) is 0 Å². The second-order valence-corrected chi connectivity index (χ2v) is 5.18. The van der Waals surface area contributed by atoms with Gasteiger partial charge in [-0.25, -0.2) is 4.39 Å². The van der Waals surface area contributed by atoms with E-state index in [0.29, 0.717) is 5.69 Å². The molecule has 0 atom stereocenters. The maximum absolute atomic E-state index is 13.1. The molecule has 1 N–H and O–H groups in total. The van der Waals surface area contributed by atoms with Crippen LogP contribution in [0.5, 0.6) is 0 Å². The van der Waals surface area contributed by atoms with E-state index in [0.717, 1.165) is 31.6 Å². The molecule has 0 aliphatic heterocycles. The van der Waals surface area contributed by atoms with Crippen LogP contribution in [0, 0.1) is 23.1 Å². The van der Waals surface area contributed by atoms with Crippen LogP contribution in [-0.2, 0) is 0 Å². The van der Waals surface area contributed by atoms with E-state index in [2.05, 4.69) is 18.3 Å². The molecule has 1 aliphatic rings. The molecule has 2 nitrogen and oxygen atoms in total. The number of hydrogen-bond donors (Lipinski definition) is 1. The lowest BCUT2D eigenvalue weighted by atomic mass is 9.76. The summed E-state index contributed by atoms with van der Waals surface area (Å²) in [7, 11) is 0. The van der Waals surface area contributed by atoms with Crippen molar-refractivity contribution in [2.75, 3.05) is 5.32 Å². The van der Waals surface area contributed by atoms with Gasteiger partial charge in [0, 0.05) is 5.69 Å². The molecule has 96 valence electrons. The van der Waals surface area contributed by atoms with Gasteiger partial charge in [0.05, 0.1) is 6.07 Å². The predicted molar refractivity (Wildman–Crippen MR) is 70.6 cm³/mol. The summed E-state index contributed by atoms with van der Waals surface area (Å²) in [6, 6.07) is 8.74. The van der Waals surface area contributed by atoms with Gasteiger partial charge in [-0.15, -0.1) is 0 Å².